The van der Waals surface area contributed by atoms with Gasteiger partial charge in [0.05, 0.1) is 24.9 Å². The van der Waals surface area contributed by atoms with Gasteiger partial charge in [0.15, 0.2) is 0 Å². The number of ether oxygens (including phenoxy) is 2. The van der Waals surface area contributed by atoms with Gasteiger partial charge in [-0.05, 0) is 29.8 Å². The van der Waals surface area contributed by atoms with Gasteiger partial charge in [0, 0.05) is 19.0 Å². The quantitative estimate of drug-likeness (QED) is 0.741. The van der Waals surface area contributed by atoms with Crippen molar-refractivity contribution in [2.75, 3.05) is 32.2 Å². The highest BCUT2D eigenvalue weighted by molar-refractivity contribution is 5.91. The number of aliphatic hydroxyl groups is 1. The zero-order chi connectivity index (χ0) is 19.9. The average molecular weight is 385 g/mol. The number of aliphatic hydroxyl groups excluding tert-OH is 1. The Balaban J connectivity index is 1.72. The molecule has 0 bridgehead atoms. The second-order valence-corrected chi connectivity index (χ2v) is 6.47. The van der Waals surface area contributed by atoms with Crippen molar-refractivity contribution >= 4 is 17.5 Å². The van der Waals surface area contributed by atoms with Crippen LogP contribution in [-0.4, -0.2) is 59.8 Å². The van der Waals surface area contributed by atoms with Crippen molar-refractivity contribution in [1.29, 1.82) is 0 Å². The van der Waals surface area contributed by atoms with Gasteiger partial charge in [-0.3, -0.25) is 14.6 Å². The molecule has 0 radical (unpaired) electrons. The van der Waals surface area contributed by atoms with Gasteiger partial charge >= 0.3 is 0 Å². The smallest absolute Gasteiger partial charge is 0.250 e. The van der Waals surface area contributed by atoms with E-state index in [1.807, 2.05) is 18.2 Å². The molecule has 2 unspecified atom stereocenters. The number of carbonyl (C=O) groups is 2. The number of aromatic nitrogens is 1. The lowest BCUT2D eigenvalue weighted by atomic mass is 9.99. The molecular weight excluding hydrogens is 362 g/mol. The Bertz CT molecular complexity index is 797. The van der Waals surface area contributed by atoms with E-state index in [0.717, 1.165) is 5.69 Å². The van der Waals surface area contributed by atoms with Gasteiger partial charge in [-0.2, -0.15) is 0 Å². The van der Waals surface area contributed by atoms with E-state index in [1.54, 1.807) is 35.4 Å². The molecule has 1 aliphatic rings. The first-order valence-electron chi connectivity index (χ1n) is 8.92. The summed E-state index contributed by atoms with van der Waals surface area (Å²) in [5, 5.41) is 13.6. The second kappa shape index (κ2) is 9.41. The van der Waals surface area contributed by atoms with Crippen molar-refractivity contribution in [3.8, 4) is 0 Å². The molecule has 2 amide bonds. The third-order valence-electron chi connectivity index (χ3n) is 4.47. The molecule has 148 valence electrons. The molecule has 0 aliphatic carbocycles. The van der Waals surface area contributed by atoms with E-state index in [1.165, 1.54) is 7.11 Å². The first-order valence-corrected chi connectivity index (χ1v) is 8.92. The first-order chi connectivity index (χ1) is 13.6. The number of nitrogens with one attached hydrogen (secondary N) is 1. The summed E-state index contributed by atoms with van der Waals surface area (Å²) in [4.78, 5) is 29.8. The summed E-state index contributed by atoms with van der Waals surface area (Å²) in [6, 6.07) is 11.8. The minimum absolute atomic E-state index is 0.0134. The Morgan fingerprint density at radius 1 is 1.36 bits per heavy atom. The number of morpholine rings is 1. The molecule has 1 aromatic carbocycles. The lowest BCUT2D eigenvalue weighted by Gasteiger charge is -2.38. The first kappa shape index (κ1) is 19.9. The molecule has 2 N–H and O–H groups in total. The number of benzene rings is 1. The Labute approximate surface area is 163 Å². The van der Waals surface area contributed by atoms with Crippen LogP contribution in [0, 0.1) is 0 Å². The highest BCUT2D eigenvalue weighted by atomic mass is 16.5. The Kier molecular flexibility index (Phi) is 6.70. The van der Waals surface area contributed by atoms with E-state index < -0.39 is 12.1 Å². The standard InChI is InChI=1S/C20H23N3O5/c1-27-12-18(24)22-15-7-5-14(6-8-15)20(26)17-11-28-13-19(25)23(17)10-16-4-2-3-9-21-16/h2-9,17,20,26H,10-13H2,1H3,(H,22,24). The van der Waals surface area contributed by atoms with Crippen molar-refractivity contribution < 1.29 is 24.2 Å². The molecule has 2 aromatic rings. The lowest BCUT2D eigenvalue weighted by Crippen LogP contribution is -2.51. The van der Waals surface area contributed by atoms with E-state index in [0.29, 0.717) is 17.8 Å². The van der Waals surface area contributed by atoms with Gasteiger partial charge in [0.25, 0.3) is 0 Å². The number of rotatable bonds is 7. The highest BCUT2D eigenvalue weighted by Crippen LogP contribution is 2.26. The molecule has 2 atom stereocenters. The number of nitrogens with zero attached hydrogens (tertiary/aromatic N) is 2. The maximum Gasteiger partial charge on any atom is 0.250 e. The molecule has 1 saturated heterocycles. The fourth-order valence-electron chi connectivity index (χ4n) is 3.07. The van der Waals surface area contributed by atoms with Crippen LogP contribution in [-0.2, 0) is 25.6 Å². The monoisotopic (exact) mass is 385 g/mol. The molecule has 0 spiro atoms. The van der Waals surface area contributed by atoms with Crippen molar-refractivity contribution in [2.24, 2.45) is 0 Å². The molecule has 1 fully saturated rings. The number of amides is 2. The van der Waals surface area contributed by atoms with Crippen LogP contribution < -0.4 is 5.32 Å². The minimum atomic E-state index is -0.934. The highest BCUT2D eigenvalue weighted by Gasteiger charge is 2.34. The number of anilines is 1. The van der Waals surface area contributed by atoms with Crippen LogP contribution in [0.3, 0.4) is 0 Å². The number of carbonyl (C=O) groups excluding carboxylic acids is 2. The van der Waals surface area contributed by atoms with Crippen LogP contribution in [0.25, 0.3) is 0 Å². The Morgan fingerprint density at radius 3 is 2.82 bits per heavy atom. The fourth-order valence-corrected chi connectivity index (χ4v) is 3.07. The van der Waals surface area contributed by atoms with Gasteiger partial charge in [0.1, 0.15) is 19.3 Å². The van der Waals surface area contributed by atoms with E-state index in [4.69, 9.17) is 9.47 Å². The maximum atomic E-state index is 12.4. The topological polar surface area (TPSA) is 101 Å². The number of methoxy groups -OCH3 is 1. The van der Waals surface area contributed by atoms with Gasteiger partial charge in [-0.1, -0.05) is 18.2 Å². The molecule has 8 nitrogen and oxygen atoms in total. The molecule has 8 heteroatoms. The number of pyridine rings is 1. The van der Waals surface area contributed by atoms with Crippen molar-refractivity contribution in [3.05, 3.63) is 59.9 Å². The van der Waals surface area contributed by atoms with Crippen LogP contribution in [0.4, 0.5) is 5.69 Å². The van der Waals surface area contributed by atoms with Crippen LogP contribution in [0.2, 0.25) is 0 Å². The fraction of sp³-hybridized carbons (Fsp3) is 0.350. The van der Waals surface area contributed by atoms with Crippen molar-refractivity contribution in [2.45, 2.75) is 18.7 Å². The molecular formula is C20H23N3O5. The maximum absolute atomic E-state index is 12.4. The Hall–Kier alpha value is -2.81. The summed E-state index contributed by atoms with van der Waals surface area (Å²) < 4.78 is 10.1. The third kappa shape index (κ3) is 4.92. The van der Waals surface area contributed by atoms with Crippen LogP contribution >= 0.6 is 0 Å². The lowest BCUT2D eigenvalue weighted by molar-refractivity contribution is -0.155. The zero-order valence-electron chi connectivity index (χ0n) is 15.6. The summed E-state index contributed by atoms with van der Waals surface area (Å²) in [7, 11) is 1.45. The summed E-state index contributed by atoms with van der Waals surface area (Å²) in [6.07, 6.45) is 0.735. The summed E-state index contributed by atoms with van der Waals surface area (Å²) in [6.45, 7) is 0.483. The molecule has 1 aliphatic heterocycles. The van der Waals surface area contributed by atoms with Crippen LogP contribution in [0.1, 0.15) is 17.4 Å². The van der Waals surface area contributed by atoms with Crippen LogP contribution in [0.5, 0.6) is 0 Å². The second-order valence-electron chi connectivity index (χ2n) is 6.47. The summed E-state index contributed by atoms with van der Waals surface area (Å²) in [5.41, 5.74) is 1.96. The number of hydrogen-bond donors (Lipinski definition) is 2. The average Bonchev–Trinajstić information content (AvgIpc) is 2.70. The number of hydrogen-bond acceptors (Lipinski definition) is 6. The van der Waals surface area contributed by atoms with Crippen molar-refractivity contribution in [3.63, 3.8) is 0 Å². The van der Waals surface area contributed by atoms with Crippen molar-refractivity contribution in [1.82, 2.24) is 9.88 Å². The van der Waals surface area contributed by atoms with Gasteiger partial charge in [-0.25, -0.2) is 0 Å². The van der Waals surface area contributed by atoms with E-state index >= 15 is 0 Å². The molecule has 1 aromatic heterocycles. The van der Waals surface area contributed by atoms with Gasteiger partial charge in [-0.15, -0.1) is 0 Å². The molecule has 2 heterocycles. The SMILES string of the molecule is COCC(=O)Nc1ccc(C(O)C2COCC(=O)N2Cc2ccccn2)cc1. The molecule has 3 rings (SSSR count). The Morgan fingerprint density at radius 2 is 2.14 bits per heavy atom. The summed E-state index contributed by atoms with van der Waals surface area (Å²) >= 11 is 0. The van der Waals surface area contributed by atoms with E-state index in [2.05, 4.69) is 10.3 Å². The van der Waals surface area contributed by atoms with E-state index in [-0.39, 0.29) is 31.6 Å². The predicted molar refractivity (Wildman–Crippen MR) is 101 cm³/mol. The predicted octanol–water partition coefficient (Wildman–Crippen LogP) is 1.13. The third-order valence-corrected chi connectivity index (χ3v) is 4.47. The minimum Gasteiger partial charge on any atom is -0.386 e. The van der Waals surface area contributed by atoms with E-state index in [9.17, 15) is 14.7 Å². The van der Waals surface area contributed by atoms with Crippen LogP contribution in [0.15, 0.2) is 48.7 Å². The normalized spacial score (nSPS) is 18.0. The zero-order valence-corrected chi connectivity index (χ0v) is 15.6. The van der Waals surface area contributed by atoms with Gasteiger partial charge < -0.3 is 24.8 Å². The molecule has 28 heavy (non-hydrogen) atoms. The largest absolute Gasteiger partial charge is 0.386 e. The molecule has 0 saturated carbocycles. The summed E-state index contributed by atoms with van der Waals surface area (Å²) in [5.74, 6) is -0.451. The van der Waals surface area contributed by atoms with Gasteiger partial charge in [0.2, 0.25) is 11.8 Å².